The molecule has 9 N–H and O–H groups in total. The highest BCUT2D eigenvalue weighted by molar-refractivity contribution is 8.32. The third-order valence-electron chi connectivity index (χ3n) is 23.6. The number of nitrogens with two attached hydrogens (primary N) is 2. The summed E-state index contributed by atoms with van der Waals surface area (Å²) in [5.74, 6) is 0.0284. The minimum absolute atomic E-state index is 0.00356. The van der Waals surface area contributed by atoms with Crippen LogP contribution in [0.2, 0.25) is 0 Å². The summed E-state index contributed by atoms with van der Waals surface area (Å²) in [7, 11) is 1.02. The number of H-pyrrole nitrogens is 5. The van der Waals surface area contributed by atoms with Gasteiger partial charge in [0.2, 0.25) is 0 Å². The summed E-state index contributed by atoms with van der Waals surface area (Å²) in [5, 5.41) is 0. The Balaban J connectivity index is 0.631. The molecule has 8 aromatic heterocycles. The van der Waals surface area contributed by atoms with Crippen LogP contribution < -0.4 is 103 Å². The van der Waals surface area contributed by atoms with E-state index >= 15 is 0 Å². The van der Waals surface area contributed by atoms with Crippen molar-refractivity contribution in [1.29, 1.82) is 0 Å². The molecule has 71 heteroatoms. The number of aromatic nitrogens is 16. The maximum atomic E-state index is 14.9. The number of imidazole rings is 1. The van der Waals surface area contributed by atoms with Crippen molar-refractivity contribution in [2.45, 2.75) is 229 Å². The molecule has 0 aromatic carbocycles. The molecule has 7 saturated heterocycles. The van der Waals surface area contributed by atoms with E-state index in [1.54, 1.807) is 18.4 Å². The van der Waals surface area contributed by atoms with Crippen LogP contribution in [-0.4, -0.2) is 209 Å². The molecular weight excluding hydrogens is 2180 g/mol. The van der Waals surface area contributed by atoms with E-state index in [0.717, 1.165) is 59.3 Å². The largest absolute Gasteiger partial charge is 0.780 e. The number of ether oxygens (including phenoxy) is 7. The normalized spacial score (nSPS) is 29.7. The van der Waals surface area contributed by atoms with Crippen molar-refractivity contribution in [3.05, 3.63) is 198 Å². The van der Waals surface area contributed by atoms with Crippen LogP contribution in [0, 0.1) is 41.5 Å². The SMILES string of the molecule is CC[C@H]1O[C@@H](n2cnc3c(N)ncnc32)C[C@H]1OP([O-])(=S)OC[C@H]1O[C@@H](n2cc(C)c(=O)[nH]c2=O)C[C@H]1OP(=O)([S-])OC[C@H]1O[C@@H](n2cc(C)c(=O)[nH]c2=O)C[C@H]1OP([O-])(=S)OC[C@H]1O[C@@H](n2cc(C)c(=O)[nH]c2=O)C[C@H]1OP([O-])(=S)OC[C@H]1O[C@@H](n2cc(C)c(=O)[nH]c2=O)C[C@H]1OP([O-])(=S)OC[C@H]1O[C@@H](n2cc(C)c(=O)[nH]c2=O)C[C@H]1OP([O-])(=S)OC[C@H]1O[C@@H](n2cc(C)c(N)nc2=O)C[C@H]1OP([O-])(=S)OC. The highest BCUT2D eigenvalue weighted by Crippen LogP contribution is 2.57. The van der Waals surface area contributed by atoms with Crippen LogP contribution in [0.4, 0.5) is 11.6 Å². The number of anilines is 2. The van der Waals surface area contributed by atoms with Crippen LogP contribution in [-0.2, 0) is 184 Å². The molecule has 0 aliphatic carbocycles. The minimum Gasteiger partial charge on any atom is -0.780 e. The van der Waals surface area contributed by atoms with E-state index in [4.69, 9.17) is 191 Å². The molecule has 786 valence electrons. The molecule has 7 fully saturated rings. The van der Waals surface area contributed by atoms with Crippen molar-refractivity contribution < 1.29 is 130 Å². The highest BCUT2D eigenvalue weighted by Gasteiger charge is 2.49. The molecule has 7 aliphatic rings. The van der Waals surface area contributed by atoms with Gasteiger partial charge < -0.3 is 150 Å². The molecule has 7 unspecified atom stereocenters. The lowest BCUT2D eigenvalue weighted by Crippen LogP contribution is -2.35. The van der Waals surface area contributed by atoms with E-state index in [9.17, 15) is 86.7 Å². The van der Waals surface area contributed by atoms with Gasteiger partial charge in [-0.2, -0.15) is 4.98 Å². The predicted molar refractivity (Wildman–Crippen MR) is 505 cm³/mol. The van der Waals surface area contributed by atoms with Gasteiger partial charge in [-0.3, -0.25) is 85.4 Å². The third-order valence-corrected chi connectivity index (χ3v) is 34.7. The number of nitrogens with zero attached hydrogens (tertiary/aromatic N) is 11. The lowest BCUT2D eigenvalue weighted by atomic mass is 10.1. The number of hydrogen-bond acceptors (Lipinski definition) is 52. The molecule has 0 spiro atoms. The zero-order valence-corrected chi connectivity index (χ0v) is 87.6. The first-order valence-electron chi connectivity index (χ1n) is 42.9. The number of aromatic amines is 5. The summed E-state index contributed by atoms with van der Waals surface area (Å²) in [6.07, 6.45) is -22.2. The van der Waals surface area contributed by atoms with Gasteiger partial charge in [-0.05, 0) is 48.0 Å². The first-order chi connectivity index (χ1) is 67.1. The molecule has 0 radical (unpaired) electrons. The zero-order chi connectivity index (χ0) is 104. The Kier molecular flexibility index (Phi) is 34.7. The van der Waals surface area contributed by atoms with Crippen molar-refractivity contribution >= 4 is 153 Å². The van der Waals surface area contributed by atoms with Crippen LogP contribution in [0.1, 0.15) is 135 Å². The van der Waals surface area contributed by atoms with Gasteiger partial charge in [0.15, 0.2) is 18.3 Å². The molecule has 15 rings (SSSR count). The average Bonchev–Trinajstić information content (AvgIpc) is 1.61. The van der Waals surface area contributed by atoms with Crippen LogP contribution in [0.25, 0.3) is 11.2 Å². The van der Waals surface area contributed by atoms with Crippen LogP contribution in [0.5, 0.6) is 0 Å². The van der Waals surface area contributed by atoms with Crippen molar-refractivity contribution in [1.82, 2.24) is 76.8 Å². The lowest BCUT2D eigenvalue weighted by Gasteiger charge is -2.36. The predicted octanol–water partition coefficient (Wildman–Crippen LogP) is -3.12. The maximum Gasteiger partial charge on any atom is 0.351 e. The Morgan fingerprint density at radius 3 is 0.909 bits per heavy atom. The summed E-state index contributed by atoms with van der Waals surface area (Å²) >= 11 is 37.6. The quantitative estimate of drug-likeness (QED) is 0.0147. The zero-order valence-electron chi connectivity index (χ0n) is 75.6. The maximum absolute atomic E-state index is 14.9. The molecular formula is C72H90N18O39P7S7-7. The molecule has 57 nitrogen and oxygen atoms in total. The minimum atomic E-state index is -5.11. The Morgan fingerprint density at radius 1 is 0.364 bits per heavy atom. The monoisotopic (exact) mass is 2270 g/mol. The molecule has 28 atom stereocenters. The lowest BCUT2D eigenvalue weighted by molar-refractivity contribution is -0.221. The smallest absolute Gasteiger partial charge is 0.351 e. The molecule has 7 aliphatic heterocycles. The van der Waals surface area contributed by atoms with Crippen LogP contribution in [0.15, 0.2) is 103 Å². The van der Waals surface area contributed by atoms with E-state index < -0.39 is 310 Å². The van der Waals surface area contributed by atoms with Gasteiger partial charge in [0.1, 0.15) is 138 Å². The second-order valence-electron chi connectivity index (χ2n) is 33.5. The molecule has 8 aromatic rings. The van der Waals surface area contributed by atoms with Gasteiger partial charge in [0, 0.05) is 123 Å². The van der Waals surface area contributed by atoms with Crippen molar-refractivity contribution in [2.75, 3.05) is 58.2 Å². The summed E-state index contributed by atoms with van der Waals surface area (Å²) in [6, 6.07) is 0. The summed E-state index contributed by atoms with van der Waals surface area (Å²) in [5.41, 5.74) is 3.08. The number of aryl methyl sites for hydroxylation is 6. The Labute approximate surface area is 839 Å². The van der Waals surface area contributed by atoms with Crippen molar-refractivity contribution in [3.63, 3.8) is 0 Å². The van der Waals surface area contributed by atoms with Gasteiger partial charge in [-0.15, -0.1) is 0 Å². The molecule has 0 saturated carbocycles. The first-order valence-corrected chi connectivity index (χ1v) is 60.8. The van der Waals surface area contributed by atoms with Gasteiger partial charge in [-0.25, -0.2) is 43.7 Å². The van der Waals surface area contributed by atoms with Gasteiger partial charge in [0.05, 0.1) is 94.8 Å². The Morgan fingerprint density at radius 2 is 0.615 bits per heavy atom. The summed E-state index contributed by atoms with van der Waals surface area (Å²) < 4.78 is 146. The van der Waals surface area contributed by atoms with Crippen LogP contribution in [0.3, 0.4) is 0 Å². The molecule has 143 heavy (non-hydrogen) atoms. The summed E-state index contributed by atoms with van der Waals surface area (Å²) in [4.78, 5) is 257. The summed E-state index contributed by atoms with van der Waals surface area (Å²) in [6.45, 7) is -29.2. The standard InChI is InChI=1S/C72H97N18O39P7S7/c1-9-37-38(10-57(116-37)90-30-77-58-60(74)75-29-76-61(58)90)124-131(103,138)110-24-46-40(12-52(118-46)85-18-32(3)62(91)79-68(85)97)126-133(105,140)112-26-48-42(14-54(120-48)87-20-34(5)64(93)81-70(87)99)128-135(107,142)114-28-50-44(16-56(122-50)89-22-36(7)66(95)83-72(89)101)129-136(108,143)115-27-49-43(15-55(121-49)88-21-35(6)65(94)82-71(88)100)127-134(106,141)113-25-47-41(13-53(119-47)86-19-33(4)63(92)80-69(86)98)125-132(104,139)111-23-45-39(123-130(102,137)109-8)11-51(117-45)84-17-31(2)59(73)78-67(84)96/h17-22,29-30,37-57H,9-16,23-28H2,1-8H3,(H,102,137)(H,103,138)(H,104,139)(H,105,140)(H,106,141)(H,107,142)(H,108,143)(H2,73,78,96)(H2,74,75,76)(H,79,91,97)(H,80,92,98)(H,81,93,99)(H,82,94,100)(H,83,95,101)/p-7/t37-,38-,39-,40-,41-,42-,43-,44-,45-,46-,47-,48-,49-,50-,51-,52-,53-,54-,55-,56-,57-,130?,131?,132?,133?,134?,135?,136?/m1/s1. The van der Waals surface area contributed by atoms with Gasteiger partial charge in [-0.1, -0.05) is 77.8 Å². The van der Waals surface area contributed by atoms with E-state index in [0.29, 0.717) is 23.1 Å². The fourth-order valence-electron chi connectivity index (χ4n) is 16.4. The van der Waals surface area contributed by atoms with E-state index in [1.807, 2.05) is 0 Å². The van der Waals surface area contributed by atoms with E-state index in [-0.39, 0.29) is 52.3 Å². The first kappa shape index (κ1) is 111. The van der Waals surface area contributed by atoms with Crippen molar-refractivity contribution in [3.8, 4) is 0 Å². The van der Waals surface area contributed by atoms with E-state index in [1.165, 1.54) is 59.7 Å². The number of nitrogens with one attached hydrogen (secondary N) is 5. The van der Waals surface area contributed by atoms with Gasteiger partial charge in [0.25, 0.3) is 27.8 Å². The topological polar surface area (TPSA) is 754 Å². The number of fused-ring (bicyclic) bond motifs is 1. The second-order valence-corrected chi connectivity index (χ2v) is 52.6. The van der Waals surface area contributed by atoms with Crippen LogP contribution >= 0.6 is 47.1 Å². The van der Waals surface area contributed by atoms with Gasteiger partial charge >= 0.3 is 34.1 Å². The molecule has 0 amide bonds. The average molecular weight is 2270 g/mol. The fourth-order valence-corrected chi connectivity index (χ4v) is 26.1. The number of rotatable bonds is 41. The second kappa shape index (κ2) is 44.8. The fraction of sp³-hybridized carbons (Fsp3) is 0.597. The number of hydrogen-bond donors (Lipinski definition) is 7. The number of nitrogen functional groups attached to an aromatic ring is 2. The highest BCUT2D eigenvalue weighted by atomic mass is 32.7. The van der Waals surface area contributed by atoms with Crippen molar-refractivity contribution in [2.24, 2.45) is 0 Å². The Hall–Kier alpha value is -6.17. The van der Waals surface area contributed by atoms with E-state index in [2.05, 4.69) is 44.9 Å². The third kappa shape index (κ3) is 26.9. The molecule has 15 heterocycles. The molecule has 0 bridgehead atoms. The Bertz CT molecular complexity index is 7150.